The molecule has 0 amide bonds. The van der Waals surface area contributed by atoms with Crippen molar-refractivity contribution in [2.45, 2.75) is 31.0 Å². The fraction of sp³-hybridized carbons (Fsp3) is 0.833. The first-order chi connectivity index (χ1) is 4.46. The van der Waals surface area contributed by atoms with Crippen LogP contribution in [0.3, 0.4) is 0 Å². The fourth-order valence-electron chi connectivity index (χ4n) is 1.11. The van der Waals surface area contributed by atoms with E-state index in [0.717, 1.165) is 0 Å². The Morgan fingerprint density at radius 1 is 1.82 bits per heavy atom. The second-order valence-corrected chi connectivity index (χ2v) is 2.77. The SMILES string of the molecule is CC[C@]1(F)C[C@@]1(N)C(=O)O.Cl. The molecule has 66 valence electrons. The number of alkyl halides is 1. The van der Waals surface area contributed by atoms with Gasteiger partial charge in [0.05, 0.1) is 0 Å². The first kappa shape index (κ1) is 10.7. The molecule has 0 spiro atoms. The zero-order valence-electron chi connectivity index (χ0n) is 6.13. The van der Waals surface area contributed by atoms with Gasteiger partial charge in [-0.3, -0.25) is 4.79 Å². The number of carboxylic acids is 1. The molecule has 1 fully saturated rings. The van der Waals surface area contributed by atoms with Crippen molar-refractivity contribution >= 4 is 18.4 Å². The Bertz CT molecular complexity index is 189. The molecule has 1 rings (SSSR count). The Morgan fingerprint density at radius 2 is 2.27 bits per heavy atom. The van der Waals surface area contributed by atoms with Gasteiger partial charge in [-0.15, -0.1) is 12.4 Å². The minimum Gasteiger partial charge on any atom is -0.480 e. The molecule has 0 saturated heterocycles. The van der Waals surface area contributed by atoms with Crippen LogP contribution in [-0.2, 0) is 4.79 Å². The lowest BCUT2D eigenvalue weighted by molar-refractivity contribution is -0.140. The lowest BCUT2D eigenvalue weighted by Gasteiger charge is -2.07. The Labute approximate surface area is 70.2 Å². The van der Waals surface area contributed by atoms with Gasteiger partial charge in [0.2, 0.25) is 0 Å². The van der Waals surface area contributed by atoms with Crippen molar-refractivity contribution < 1.29 is 14.3 Å². The molecule has 2 atom stereocenters. The second kappa shape index (κ2) is 2.60. The van der Waals surface area contributed by atoms with Gasteiger partial charge in [-0.1, -0.05) is 6.92 Å². The first-order valence-corrected chi connectivity index (χ1v) is 3.17. The highest BCUT2D eigenvalue weighted by molar-refractivity contribution is 5.85. The van der Waals surface area contributed by atoms with Gasteiger partial charge in [-0.2, -0.15) is 0 Å². The topological polar surface area (TPSA) is 63.3 Å². The Morgan fingerprint density at radius 3 is 2.36 bits per heavy atom. The lowest BCUT2D eigenvalue weighted by atomic mass is 10.1. The van der Waals surface area contributed by atoms with Gasteiger partial charge in [-0.25, -0.2) is 4.39 Å². The van der Waals surface area contributed by atoms with Crippen molar-refractivity contribution in [1.82, 2.24) is 0 Å². The van der Waals surface area contributed by atoms with Crippen LogP contribution in [0.4, 0.5) is 4.39 Å². The molecule has 3 nitrogen and oxygen atoms in total. The van der Waals surface area contributed by atoms with Gasteiger partial charge in [0, 0.05) is 6.42 Å². The third kappa shape index (κ3) is 1.20. The summed E-state index contributed by atoms with van der Waals surface area (Å²) >= 11 is 0. The predicted octanol–water partition coefficient (Wildman–Crippen LogP) is 0.712. The largest absolute Gasteiger partial charge is 0.480 e. The highest BCUT2D eigenvalue weighted by Gasteiger charge is 2.71. The molecule has 0 aliphatic heterocycles. The molecule has 0 aromatic rings. The molecular formula is C6H11ClFNO2. The van der Waals surface area contributed by atoms with E-state index in [1.807, 2.05) is 0 Å². The van der Waals surface area contributed by atoms with Crippen LogP contribution < -0.4 is 5.73 Å². The maximum Gasteiger partial charge on any atom is 0.327 e. The molecule has 0 aromatic heterocycles. The van der Waals surface area contributed by atoms with Crippen LogP contribution in [-0.4, -0.2) is 22.3 Å². The third-order valence-corrected chi connectivity index (χ3v) is 2.18. The number of carboxylic acid groups (broad SMARTS) is 1. The minimum atomic E-state index is -1.65. The van der Waals surface area contributed by atoms with E-state index < -0.39 is 17.2 Å². The molecule has 0 unspecified atom stereocenters. The number of nitrogens with two attached hydrogens (primary N) is 1. The summed E-state index contributed by atoms with van der Waals surface area (Å²) in [6, 6.07) is 0. The number of rotatable bonds is 2. The summed E-state index contributed by atoms with van der Waals surface area (Å²) in [6.07, 6.45) is 0.127. The Balaban J connectivity index is 0.000001000. The summed E-state index contributed by atoms with van der Waals surface area (Å²) in [5.41, 5.74) is 1.95. The van der Waals surface area contributed by atoms with E-state index in [0.29, 0.717) is 0 Å². The molecule has 0 heterocycles. The monoisotopic (exact) mass is 183 g/mol. The lowest BCUT2D eigenvalue weighted by Crippen LogP contribution is -2.40. The fourth-order valence-corrected chi connectivity index (χ4v) is 1.11. The number of aliphatic carboxylic acids is 1. The van der Waals surface area contributed by atoms with Crippen LogP contribution >= 0.6 is 12.4 Å². The molecule has 1 aliphatic carbocycles. The van der Waals surface area contributed by atoms with Gasteiger partial charge < -0.3 is 10.8 Å². The molecule has 1 aliphatic rings. The normalized spacial score (nSPS) is 41.0. The Hall–Kier alpha value is -0.350. The van der Waals surface area contributed by atoms with Crippen LogP contribution in [0.2, 0.25) is 0 Å². The summed E-state index contributed by atoms with van der Waals surface area (Å²) in [4.78, 5) is 10.3. The maximum absolute atomic E-state index is 13.0. The van der Waals surface area contributed by atoms with Crippen molar-refractivity contribution in [3.63, 3.8) is 0 Å². The second-order valence-electron chi connectivity index (χ2n) is 2.77. The molecule has 11 heavy (non-hydrogen) atoms. The van der Waals surface area contributed by atoms with Crippen LogP contribution in [0.1, 0.15) is 19.8 Å². The van der Waals surface area contributed by atoms with E-state index >= 15 is 0 Å². The van der Waals surface area contributed by atoms with Gasteiger partial charge >= 0.3 is 5.97 Å². The van der Waals surface area contributed by atoms with Crippen LogP contribution in [0, 0.1) is 0 Å². The first-order valence-electron chi connectivity index (χ1n) is 3.17. The molecule has 1 saturated carbocycles. The summed E-state index contributed by atoms with van der Waals surface area (Å²) in [5, 5.41) is 8.41. The number of carbonyl (C=O) groups is 1. The molecule has 3 N–H and O–H groups in total. The summed E-state index contributed by atoms with van der Waals surface area (Å²) in [5.74, 6) is -1.24. The zero-order valence-corrected chi connectivity index (χ0v) is 6.95. The molecule has 0 radical (unpaired) electrons. The zero-order chi connectivity index (χ0) is 7.99. The number of halogens is 2. The third-order valence-electron chi connectivity index (χ3n) is 2.18. The van der Waals surface area contributed by atoms with E-state index in [1.165, 1.54) is 0 Å². The molecule has 0 bridgehead atoms. The van der Waals surface area contributed by atoms with Gasteiger partial charge in [0.25, 0.3) is 0 Å². The molecular weight excluding hydrogens is 173 g/mol. The number of hydrogen-bond acceptors (Lipinski definition) is 2. The van der Waals surface area contributed by atoms with Crippen LogP contribution in [0.15, 0.2) is 0 Å². The highest BCUT2D eigenvalue weighted by Crippen LogP contribution is 2.51. The summed E-state index contributed by atoms with van der Waals surface area (Å²) < 4.78 is 13.0. The van der Waals surface area contributed by atoms with E-state index in [9.17, 15) is 9.18 Å². The van der Waals surface area contributed by atoms with Crippen LogP contribution in [0.25, 0.3) is 0 Å². The Kier molecular flexibility index (Phi) is 2.52. The van der Waals surface area contributed by atoms with Crippen molar-refractivity contribution in [1.29, 1.82) is 0 Å². The smallest absolute Gasteiger partial charge is 0.327 e. The van der Waals surface area contributed by atoms with Gasteiger partial charge in [0.15, 0.2) is 5.54 Å². The quantitative estimate of drug-likeness (QED) is 0.663. The number of hydrogen-bond donors (Lipinski definition) is 2. The van der Waals surface area contributed by atoms with E-state index in [1.54, 1.807) is 6.92 Å². The van der Waals surface area contributed by atoms with Crippen molar-refractivity contribution in [3.8, 4) is 0 Å². The predicted molar refractivity (Wildman–Crippen MR) is 40.5 cm³/mol. The highest BCUT2D eigenvalue weighted by atomic mass is 35.5. The van der Waals surface area contributed by atoms with E-state index in [4.69, 9.17) is 10.8 Å². The average Bonchev–Trinajstić information content (AvgIpc) is 2.39. The van der Waals surface area contributed by atoms with E-state index in [2.05, 4.69) is 0 Å². The summed E-state index contributed by atoms with van der Waals surface area (Å²) in [6.45, 7) is 1.59. The molecule has 0 aromatic carbocycles. The van der Waals surface area contributed by atoms with Crippen molar-refractivity contribution in [2.24, 2.45) is 5.73 Å². The average molecular weight is 184 g/mol. The maximum atomic E-state index is 13.0. The minimum absolute atomic E-state index is 0. The molecule has 5 heteroatoms. The van der Waals surface area contributed by atoms with Gasteiger partial charge in [0.1, 0.15) is 5.67 Å². The van der Waals surface area contributed by atoms with Crippen LogP contribution in [0.5, 0.6) is 0 Å². The van der Waals surface area contributed by atoms with E-state index in [-0.39, 0.29) is 25.2 Å². The van der Waals surface area contributed by atoms with Gasteiger partial charge in [-0.05, 0) is 6.42 Å². The van der Waals surface area contributed by atoms with Crippen molar-refractivity contribution in [2.75, 3.05) is 0 Å². The van der Waals surface area contributed by atoms with Crippen molar-refractivity contribution in [3.05, 3.63) is 0 Å². The standard InChI is InChI=1S/C6H10FNO2.ClH/c1-2-5(7)3-6(5,8)4(9)10;/h2-3,8H2,1H3,(H,9,10);1H/t5-,6+;/m0./s1. The summed E-state index contributed by atoms with van der Waals surface area (Å²) in [7, 11) is 0.